The lowest BCUT2D eigenvalue weighted by Gasteiger charge is -2.42. The van der Waals surface area contributed by atoms with Gasteiger partial charge in [0.1, 0.15) is 11.4 Å². The Hall–Kier alpha value is -3.70. The van der Waals surface area contributed by atoms with E-state index in [0.29, 0.717) is 47.5 Å². The van der Waals surface area contributed by atoms with Gasteiger partial charge in [-0.05, 0) is 37.1 Å². The molecular weight excluding hydrogens is 456 g/mol. The molecule has 1 unspecified atom stereocenters. The number of nitrogens with zero attached hydrogens (tertiary/aromatic N) is 6. The number of aromatic carboxylic acids is 1. The van der Waals surface area contributed by atoms with Gasteiger partial charge in [-0.3, -0.25) is 14.3 Å². The molecule has 0 aromatic carbocycles. The van der Waals surface area contributed by atoms with E-state index < -0.39 is 11.4 Å². The Labute approximate surface area is 198 Å². The van der Waals surface area contributed by atoms with E-state index in [1.165, 1.54) is 10.8 Å². The van der Waals surface area contributed by atoms with Crippen LogP contribution < -0.4 is 10.3 Å². The molecule has 1 atom stereocenters. The maximum atomic E-state index is 13.0. The van der Waals surface area contributed by atoms with Crippen molar-refractivity contribution in [1.82, 2.24) is 23.9 Å². The van der Waals surface area contributed by atoms with Gasteiger partial charge in [-0.2, -0.15) is 9.36 Å². The Morgan fingerprint density at radius 1 is 1.32 bits per heavy atom. The van der Waals surface area contributed by atoms with Crippen LogP contribution in [0.2, 0.25) is 0 Å². The topological polar surface area (TPSA) is 134 Å². The number of aromatic nitrogens is 5. The van der Waals surface area contributed by atoms with Crippen molar-refractivity contribution in [3.05, 3.63) is 58.1 Å². The zero-order valence-electron chi connectivity index (χ0n) is 18.5. The van der Waals surface area contributed by atoms with E-state index in [1.807, 2.05) is 17.9 Å². The Balaban J connectivity index is 1.65. The molecule has 1 aliphatic rings. The van der Waals surface area contributed by atoms with Crippen molar-refractivity contribution >= 4 is 34.4 Å². The summed E-state index contributed by atoms with van der Waals surface area (Å²) in [6.07, 6.45) is 4.89. The summed E-state index contributed by atoms with van der Waals surface area (Å²) in [6, 6.07) is 5.40. The number of fused-ring (bicyclic) bond motifs is 1. The molecule has 11 heteroatoms. The number of rotatable bonds is 6. The number of pyridine rings is 3. The predicted octanol–water partition coefficient (Wildman–Crippen LogP) is 2.51. The first-order valence-electron chi connectivity index (χ1n) is 10.8. The number of aliphatic hydroxyl groups excluding tert-OH is 1. The Morgan fingerprint density at radius 2 is 2.12 bits per heavy atom. The quantitative estimate of drug-likeness (QED) is 0.429. The first-order valence-corrected chi connectivity index (χ1v) is 11.6. The molecule has 0 amide bonds. The second-order valence-electron chi connectivity index (χ2n) is 8.33. The summed E-state index contributed by atoms with van der Waals surface area (Å²) in [6.45, 7) is 5.04. The average molecular weight is 479 g/mol. The fraction of sp³-hybridized carbons (Fsp3) is 0.304. The first kappa shape index (κ1) is 22.1. The maximum absolute atomic E-state index is 13.0. The molecule has 4 aromatic rings. The zero-order chi connectivity index (χ0) is 24.0. The van der Waals surface area contributed by atoms with E-state index in [4.69, 9.17) is 4.98 Å². The summed E-state index contributed by atoms with van der Waals surface area (Å²) in [5, 5.41) is 20.4. The van der Waals surface area contributed by atoms with Crippen LogP contribution in [-0.2, 0) is 0 Å². The molecule has 1 aliphatic heterocycles. The van der Waals surface area contributed by atoms with Gasteiger partial charge in [0.15, 0.2) is 11.5 Å². The van der Waals surface area contributed by atoms with Crippen LogP contribution in [0.15, 0.2) is 41.6 Å². The van der Waals surface area contributed by atoms with Gasteiger partial charge in [0.05, 0.1) is 11.5 Å². The third-order valence-corrected chi connectivity index (χ3v) is 6.83. The number of carbonyl (C=O) groups is 1. The molecule has 0 bridgehead atoms. The summed E-state index contributed by atoms with van der Waals surface area (Å²) < 4.78 is 5.91. The Kier molecular flexibility index (Phi) is 5.58. The highest BCUT2D eigenvalue weighted by Crippen LogP contribution is 2.30. The summed E-state index contributed by atoms with van der Waals surface area (Å²) in [7, 11) is 0. The number of aliphatic hydroxyl groups is 1. The van der Waals surface area contributed by atoms with Crippen LogP contribution in [0, 0.1) is 12.8 Å². The van der Waals surface area contributed by atoms with E-state index in [1.54, 1.807) is 31.5 Å². The number of anilines is 1. The lowest BCUT2D eigenvalue weighted by atomic mass is 9.92. The largest absolute Gasteiger partial charge is 0.477 e. The maximum Gasteiger partial charge on any atom is 0.341 e. The second-order valence-corrected chi connectivity index (χ2v) is 9.06. The number of hydrogen-bond donors (Lipinski definition) is 2. The summed E-state index contributed by atoms with van der Waals surface area (Å²) >= 11 is 1.08. The van der Waals surface area contributed by atoms with Crippen molar-refractivity contribution < 1.29 is 15.0 Å². The van der Waals surface area contributed by atoms with Crippen LogP contribution in [0.3, 0.4) is 0 Å². The molecule has 0 aliphatic carbocycles. The molecule has 5 rings (SSSR count). The fourth-order valence-corrected chi connectivity index (χ4v) is 4.81. The number of carboxylic acids is 1. The minimum Gasteiger partial charge on any atom is -0.477 e. The molecule has 0 saturated carbocycles. The lowest BCUT2D eigenvalue weighted by Crippen LogP contribution is -2.52. The van der Waals surface area contributed by atoms with Gasteiger partial charge in [0.25, 0.3) is 0 Å². The van der Waals surface area contributed by atoms with Gasteiger partial charge in [-0.15, -0.1) is 0 Å². The van der Waals surface area contributed by atoms with Crippen molar-refractivity contribution in [2.45, 2.75) is 26.4 Å². The van der Waals surface area contributed by atoms with Crippen LogP contribution in [0.5, 0.6) is 0 Å². The zero-order valence-corrected chi connectivity index (χ0v) is 19.4. The van der Waals surface area contributed by atoms with Crippen molar-refractivity contribution in [2.24, 2.45) is 5.92 Å². The minimum atomic E-state index is -1.32. The van der Waals surface area contributed by atoms with Crippen molar-refractivity contribution in [2.75, 3.05) is 18.0 Å². The molecule has 174 valence electrons. The monoisotopic (exact) mass is 478 g/mol. The van der Waals surface area contributed by atoms with Crippen LogP contribution in [-0.4, -0.2) is 59.3 Å². The molecule has 1 fully saturated rings. The molecule has 10 nitrogen and oxygen atoms in total. The third-order valence-electron chi connectivity index (χ3n) is 6.11. The van der Waals surface area contributed by atoms with Crippen LogP contribution in [0.1, 0.15) is 29.3 Å². The third kappa shape index (κ3) is 3.72. The highest BCUT2D eigenvalue weighted by Gasteiger charge is 2.33. The van der Waals surface area contributed by atoms with Crippen molar-refractivity contribution in [3.8, 4) is 16.5 Å². The van der Waals surface area contributed by atoms with Crippen LogP contribution in [0.4, 0.5) is 5.82 Å². The normalized spacial score (nSPS) is 14.9. The molecule has 0 spiro atoms. The van der Waals surface area contributed by atoms with Gasteiger partial charge in [-0.25, -0.2) is 9.78 Å². The SMILES string of the molecule is CCC(O)C1CN(c2cc(C)c3c(=O)c(C(=O)O)cn(-c4nc(-c5cccnc5)ns4)c3n2)C1. The Morgan fingerprint density at radius 3 is 2.79 bits per heavy atom. The van der Waals surface area contributed by atoms with Gasteiger partial charge in [0, 0.05) is 54.7 Å². The van der Waals surface area contributed by atoms with Crippen LogP contribution >= 0.6 is 11.5 Å². The fourth-order valence-electron chi connectivity index (χ4n) is 4.14. The standard InChI is InChI=1S/C23H22N6O4S/c1-3-16(30)14-9-28(10-14)17-7-12(2)18-19(31)15(22(32)33)11-29(21(18)25-17)23-26-20(27-34-23)13-5-4-6-24-8-13/h4-8,11,14,16,30H,3,9-10H2,1-2H3,(H,32,33). The molecule has 5 heterocycles. The molecular formula is C23H22N6O4S. The van der Waals surface area contributed by atoms with Gasteiger partial charge in [0.2, 0.25) is 10.6 Å². The van der Waals surface area contributed by atoms with Crippen molar-refractivity contribution in [3.63, 3.8) is 0 Å². The summed E-state index contributed by atoms with van der Waals surface area (Å²) in [5.41, 5.74) is 0.713. The molecule has 2 N–H and O–H groups in total. The summed E-state index contributed by atoms with van der Waals surface area (Å²) in [5.74, 6) is -0.0357. The van der Waals surface area contributed by atoms with E-state index in [-0.39, 0.29) is 23.0 Å². The average Bonchev–Trinajstić information content (AvgIpc) is 3.28. The van der Waals surface area contributed by atoms with E-state index >= 15 is 0 Å². The molecule has 4 aromatic heterocycles. The number of hydrogen-bond acceptors (Lipinski definition) is 9. The highest BCUT2D eigenvalue weighted by molar-refractivity contribution is 7.08. The first-order chi connectivity index (χ1) is 16.4. The smallest absolute Gasteiger partial charge is 0.341 e. The molecule has 1 saturated heterocycles. The molecule has 0 radical (unpaired) electrons. The second kappa shape index (κ2) is 8.58. The van der Waals surface area contributed by atoms with Gasteiger partial charge >= 0.3 is 5.97 Å². The van der Waals surface area contributed by atoms with Crippen LogP contribution in [0.25, 0.3) is 27.6 Å². The number of carboxylic acid groups (broad SMARTS) is 1. The predicted molar refractivity (Wildman–Crippen MR) is 128 cm³/mol. The number of aryl methyl sites for hydroxylation is 1. The lowest BCUT2D eigenvalue weighted by molar-refractivity contribution is 0.0695. The van der Waals surface area contributed by atoms with E-state index in [9.17, 15) is 19.8 Å². The van der Waals surface area contributed by atoms with Gasteiger partial charge in [-0.1, -0.05) is 6.92 Å². The van der Waals surface area contributed by atoms with E-state index in [0.717, 1.165) is 17.1 Å². The van der Waals surface area contributed by atoms with E-state index in [2.05, 4.69) is 14.3 Å². The highest BCUT2D eigenvalue weighted by atomic mass is 32.1. The van der Waals surface area contributed by atoms with Gasteiger partial charge < -0.3 is 15.1 Å². The summed E-state index contributed by atoms with van der Waals surface area (Å²) in [4.78, 5) is 40.3. The molecule has 34 heavy (non-hydrogen) atoms. The Bertz CT molecular complexity index is 1450. The minimum absolute atomic E-state index is 0.171. The van der Waals surface area contributed by atoms with Crippen molar-refractivity contribution in [1.29, 1.82) is 0 Å².